The number of rotatable bonds is 7. The molecule has 0 aliphatic carbocycles. The molecular formula is C14H17N3O3. The molecule has 1 aromatic rings. The lowest BCUT2D eigenvalue weighted by Gasteiger charge is -2.01. The molecule has 6 heteroatoms. The second-order valence-corrected chi connectivity index (χ2v) is 3.84. The topological polar surface area (TPSA) is 79.8 Å². The minimum absolute atomic E-state index is 0.275. The van der Waals surface area contributed by atoms with E-state index in [4.69, 9.17) is 4.74 Å². The molecule has 0 bridgehead atoms. The van der Waals surface area contributed by atoms with Crippen molar-refractivity contribution in [1.29, 1.82) is 0 Å². The standard InChI is InChI=1S/C14H17N3O3/c1-3-7-15-13(18)9-14(19)17-16-10-11-5-4-6-12(8-11)20-2/h3-6,8,10H,1,7,9H2,2H3,(H,15,18)(H,17,19). The van der Waals surface area contributed by atoms with Crippen molar-refractivity contribution in [3.8, 4) is 5.75 Å². The van der Waals surface area contributed by atoms with Gasteiger partial charge in [-0.3, -0.25) is 9.59 Å². The van der Waals surface area contributed by atoms with Gasteiger partial charge in [-0.15, -0.1) is 6.58 Å². The van der Waals surface area contributed by atoms with E-state index in [0.29, 0.717) is 12.3 Å². The fourth-order valence-electron chi connectivity index (χ4n) is 1.33. The zero-order valence-corrected chi connectivity index (χ0v) is 11.3. The van der Waals surface area contributed by atoms with Gasteiger partial charge in [-0.05, 0) is 17.7 Å². The Hall–Kier alpha value is -2.63. The second kappa shape index (κ2) is 8.47. The normalized spacial score (nSPS) is 10.1. The number of methoxy groups -OCH3 is 1. The SMILES string of the molecule is C=CCNC(=O)CC(=O)NN=Cc1cccc(OC)c1. The van der Waals surface area contributed by atoms with Gasteiger partial charge in [0.15, 0.2) is 0 Å². The Balaban J connectivity index is 2.41. The maximum atomic E-state index is 11.4. The third kappa shape index (κ3) is 5.81. The largest absolute Gasteiger partial charge is 0.497 e. The van der Waals surface area contributed by atoms with Gasteiger partial charge in [0.1, 0.15) is 12.2 Å². The first-order valence-corrected chi connectivity index (χ1v) is 5.99. The van der Waals surface area contributed by atoms with Crippen LogP contribution in [-0.2, 0) is 9.59 Å². The third-order valence-electron chi connectivity index (χ3n) is 2.26. The van der Waals surface area contributed by atoms with Crippen molar-refractivity contribution >= 4 is 18.0 Å². The lowest BCUT2D eigenvalue weighted by molar-refractivity contribution is -0.129. The number of carbonyl (C=O) groups is 2. The van der Waals surface area contributed by atoms with E-state index in [-0.39, 0.29) is 12.3 Å². The average molecular weight is 275 g/mol. The highest BCUT2D eigenvalue weighted by atomic mass is 16.5. The van der Waals surface area contributed by atoms with Crippen molar-refractivity contribution in [3.05, 3.63) is 42.5 Å². The molecule has 0 aliphatic heterocycles. The van der Waals surface area contributed by atoms with Gasteiger partial charge in [-0.25, -0.2) is 5.43 Å². The van der Waals surface area contributed by atoms with Crippen LogP contribution in [0.4, 0.5) is 0 Å². The van der Waals surface area contributed by atoms with Crippen molar-refractivity contribution in [2.45, 2.75) is 6.42 Å². The van der Waals surface area contributed by atoms with Crippen LogP contribution in [0, 0.1) is 0 Å². The van der Waals surface area contributed by atoms with Crippen molar-refractivity contribution in [1.82, 2.24) is 10.7 Å². The average Bonchev–Trinajstić information content (AvgIpc) is 2.45. The van der Waals surface area contributed by atoms with Crippen LogP contribution in [0.5, 0.6) is 5.75 Å². The molecule has 0 saturated heterocycles. The number of hydrogen-bond donors (Lipinski definition) is 2. The highest BCUT2D eigenvalue weighted by Crippen LogP contribution is 2.10. The van der Waals surface area contributed by atoms with Gasteiger partial charge in [-0.2, -0.15) is 5.10 Å². The summed E-state index contributed by atoms with van der Waals surface area (Å²) in [7, 11) is 1.57. The van der Waals surface area contributed by atoms with E-state index in [1.807, 2.05) is 12.1 Å². The smallest absolute Gasteiger partial charge is 0.249 e. The molecule has 0 radical (unpaired) electrons. The lowest BCUT2D eigenvalue weighted by Crippen LogP contribution is -2.29. The van der Waals surface area contributed by atoms with Crippen LogP contribution in [0.1, 0.15) is 12.0 Å². The molecule has 0 unspecified atom stereocenters. The third-order valence-corrected chi connectivity index (χ3v) is 2.26. The Morgan fingerprint density at radius 3 is 2.90 bits per heavy atom. The van der Waals surface area contributed by atoms with Crippen LogP contribution in [0.25, 0.3) is 0 Å². The molecule has 0 aromatic heterocycles. The summed E-state index contributed by atoms with van der Waals surface area (Å²) >= 11 is 0. The monoisotopic (exact) mass is 275 g/mol. The predicted molar refractivity (Wildman–Crippen MR) is 76.6 cm³/mol. The zero-order valence-electron chi connectivity index (χ0n) is 11.3. The predicted octanol–water partition coefficient (Wildman–Crippen LogP) is 0.838. The molecular weight excluding hydrogens is 258 g/mol. The van der Waals surface area contributed by atoms with E-state index in [1.54, 1.807) is 19.2 Å². The number of benzene rings is 1. The maximum absolute atomic E-state index is 11.4. The van der Waals surface area contributed by atoms with Crippen LogP contribution in [0.15, 0.2) is 42.0 Å². The number of hydrogen-bond acceptors (Lipinski definition) is 4. The van der Waals surface area contributed by atoms with Crippen LogP contribution in [-0.4, -0.2) is 31.7 Å². The Kier molecular flexibility index (Phi) is 6.53. The quantitative estimate of drug-likeness (QED) is 0.335. The first-order chi connectivity index (χ1) is 9.65. The number of ether oxygens (including phenoxy) is 1. The summed E-state index contributed by atoms with van der Waals surface area (Å²) in [4.78, 5) is 22.6. The Morgan fingerprint density at radius 1 is 1.40 bits per heavy atom. The number of carbonyl (C=O) groups excluding carboxylic acids is 2. The minimum Gasteiger partial charge on any atom is -0.497 e. The van der Waals surface area contributed by atoms with Gasteiger partial charge >= 0.3 is 0 Å². The van der Waals surface area contributed by atoms with Crippen molar-refractivity contribution < 1.29 is 14.3 Å². The molecule has 0 atom stereocenters. The zero-order chi connectivity index (χ0) is 14.8. The van der Waals surface area contributed by atoms with Gasteiger partial charge in [0, 0.05) is 6.54 Å². The molecule has 106 valence electrons. The number of nitrogens with zero attached hydrogens (tertiary/aromatic N) is 1. The first kappa shape index (κ1) is 15.4. The minimum atomic E-state index is -0.481. The number of hydrazone groups is 1. The Labute approximate surface area is 117 Å². The molecule has 0 saturated carbocycles. The second-order valence-electron chi connectivity index (χ2n) is 3.84. The Bertz CT molecular complexity index is 512. The van der Waals surface area contributed by atoms with Gasteiger partial charge in [0.2, 0.25) is 11.8 Å². The van der Waals surface area contributed by atoms with Crippen LogP contribution in [0.2, 0.25) is 0 Å². The molecule has 0 spiro atoms. The summed E-state index contributed by atoms with van der Waals surface area (Å²) in [5.74, 6) is -0.159. The van der Waals surface area contributed by atoms with Gasteiger partial charge < -0.3 is 10.1 Å². The van der Waals surface area contributed by atoms with Crippen LogP contribution >= 0.6 is 0 Å². The van der Waals surface area contributed by atoms with Gasteiger partial charge in [0.25, 0.3) is 0 Å². The summed E-state index contributed by atoms with van der Waals surface area (Å²) in [6.07, 6.45) is 2.74. The highest BCUT2D eigenvalue weighted by Gasteiger charge is 2.06. The van der Waals surface area contributed by atoms with Crippen molar-refractivity contribution in [2.24, 2.45) is 5.10 Å². The molecule has 0 fully saturated rings. The number of amides is 2. The van der Waals surface area contributed by atoms with Crippen LogP contribution < -0.4 is 15.5 Å². The van der Waals surface area contributed by atoms with Crippen molar-refractivity contribution in [2.75, 3.05) is 13.7 Å². The van der Waals surface area contributed by atoms with E-state index >= 15 is 0 Å². The van der Waals surface area contributed by atoms with Gasteiger partial charge in [0.05, 0.1) is 13.3 Å². The van der Waals surface area contributed by atoms with Crippen molar-refractivity contribution in [3.63, 3.8) is 0 Å². The molecule has 20 heavy (non-hydrogen) atoms. The molecule has 1 aromatic carbocycles. The molecule has 1 rings (SSSR count). The van der Waals surface area contributed by atoms with E-state index < -0.39 is 5.91 Å². The summed E-state index contributed by atoms with van der Waals surface area (Å²) in [5, 5.41) is 6.27. The summed E-state index contributed by atoms with van der Waals surface area (Å²) in [5.41, 5.74) is 3.06. The van der Waals surface area contributed by atoms with E-state index in [0.717, 1.165) is 5.56 Å². The molecule has 2 N–H and O–H groups in total. The van der Waals surface area contributed by atoms with E-state index in [9.17, 15) is 9.59 Å². The summed E-state index contributed by atoms with van der Waals surface area (Å²) < 4.78 is 5.06. The molecule has 0 aliphatic rings. The van der Waals surface area contributed by atoms with E-state index in [1.165, 1.54) is 12.3 Å². The maximum Gasteiger partial charge on any atom is 0.249 e. The lowest BCUT2D eigenvalue weighted by atomic mass is 10.2. The Morgan fingerprint density at radius 2 is 2.20 bits per heavy atom. The summed E-state index contributed by atoms with van der Waals surface area (Å²) in [6.45, 7) is 3.79. The molecule has 0 heterocycles. The highest BCUT2D eigenvalue weighted by molar-refractivity contribution is 5.97. The number of nitrogens with one attached hydrogen (secondary N) is 2. The van der Waals surface area contributed by atoms with Gasteiger partial charge in [-0.1, -0.05) is 18.2 Å². The molecule has 6 nitrogen and oxygen atoms in total. The fraction of sp³-hybridized carbons (Fsp3) is 0.214. The van der Waals surface area contributed by atoms with Crippen LogP contribution in [0.3, 0.4) is 0 Å². The first-order valence-electron chi connectivity index (χ1n) is 5.99. The molecule has 2 amide bonds. The summed E-state index contributed by atoms with van der Waals surface area (Å²) in [6, 6.07) is 7.20. The van der Waals surface area contributed by atoms with E-state index in [2.05, 4.69) is 22.4 Å². The fourth-order valence-corrected chi connectivity index (χ4v) is 1.33.